The van der Waals surface area contributed by atoms with Crippen molar-refractivity contribution >= 4 is 17.9 Å². The zero-order chi connectivity index (χ0) is 28.7. The molecule has 1 aromatic rings. The number of aromatic hydroxyl groups is 1. The SMILES string of the molecule is CCCCCCCCN(C(=O)C(CO)NC(=O)OC(C)(C)C)C(C(=O)NCCCC)c1ccc(O)c(C)c1. The highest BCUT2D eigenvalue weighted by molar-refractivity contribution is 5.92. The fourth-order valence-corrected chi connectivity index (χ4v) is 4.07. The molecule has 0 aliphatic rings. The minimum Gasteiger partial charge on any atom is -0.508 e. The number of aryl methyl sites for hydroxylation is 1. The van der Waals surface area contributed by atoms with Crippen LogP contribution in [0.1, 0.15) is 103 Å². The maximum absolute atomic E-state index is 13.8. The number of hydrogen-bond donors (Lipinski definition) is 4. The van der Waals surface area contributed by atoms with Crippen molar-refractivity contribution in [2.24, 2.45) is 0 Å². The number of aliphatic hydroxyl groups excluding tert-OH is 1. The van der Waals surface area contributed by atoms with Crippen molar-refractivity contribution in [3.05, 3.63) is 29.3 Å². The number of amides is 3. The maximum atomic E-state index is 13.8. The van der Waals surface area contributed by atoms with Crippen molar-refractivity contribution in [2.45, 2.75) is 111 Å². The first-order valence-electron chi connectivity index (χ1n) is 13.9. The lowest BCUT2D eigenvalue weighted by molar-refractivity contribution is -0.143. The van der Waals surface area contributed by atoms with Crippen LogP contribution < -0.4 is 10.6 Å². The van der Waals surface area contributed by atoms with E-state index in [1.807, 2.05) is 6.92 Å². The van der Waals surface area contributed by atoms with Crippen molar-refractivity contribution < 1.29 is 29.3 Å². The van der Waals surface area contributed by atoms with E-state index in [9.17, 15) is 24.6 Å². The van der Waals surface area contributed by atoms with Gasteiger partial charge < -0.3 is 30.5 Å². The highest BCUT2D eigenvalue weighted by atomic mass is 16.6. The molecule has 0 saturated carbocycles. The minimum atomic E-state index is -1.28. The van der Waals surface area contributed by atoms with Crippen LogP contribution in [-0.4, -0.2) is 64.4 Å². The van der Waals surface area contributed by atoms with Crippen molar-refractivity contribution in [3.8, 4) is 5.75 Å². The van der Waals surface area contributed by atoms with Crippen LogP contribution in [0.4, 0.5) is 4.79 Å². The van der Waals surface area contributed by atoms with Crippen molar-refractivity contribution in [1.29, 1.82) is 0 Å². The Hall–Kier alpha value is -2.81. The zero-order valence-electron chi connectivity index (χ0n) is 24.1. The number of nitrogens with one attached hydrogen (secondary N) is 2. The molecule has 2 atom stereocenters. The van der Waals surface area contributed by atoms with Gasteiger partial charge in [-0.2, -0.15) is 0 Å². The predicted octanol–water partition coefficient (Wildman–Crippen LogP) is 4.73. The number of alkyl carbamates (subject to hydrolysis) is 1. The molecule has 0 radical (unpaired) electrons. The lowest BCUT2D eigenvalue weighted by Gasteiger charge is -2.34. The third-order valence-electron chi connectivity index (χ3n) is 6.13. The van der Waals surface area contributed by atoms with Crippen molar-refractivity contribution in [3.63, 3.8) is 0 Å². The summed E-state index contributed by atoms with van der Waals surface area (Å²) in [5.41, 5.74) is 0.338. The second kappa shape index (κ2) is 16.9. The Morgan fingerprint density at radius 2 is 1.63 bits per heavy atom. The second-order valence-electron chi connectivity index (χ2n) is 10.8. The van der Waals surface area contributed by atoms with Gasteiger partial charge in [-0.1, -0.05) is 58.4 Å². The summed E-state index contributed by atoms with van der Waals surface area (Å²) in [6.45, 7) is 11.1. The van der Waals surface area contributed by atoms with E-state index in [0.717, 1.165) is 44.9 Å². The summed E-state index contributed by atoms with van der Waals surface area (Å²) < 4.78 is 5.28. The molecule has 4 N–H and O–H groups in total. The van der Waals surface area contributed by atoms with Gasteiger partial charge in [-0.25, -0.2) is 4.79 Å². The maximum Gasteiger partial charge on any atom is 0.408 e. The fourth-order valence-electron chi connectivity index (χ4n) is 4.07. The molecule has 38 heavy (non-hydrogen) atoms. The molecule has 9 nitrogen and oxygen atoms in total. The molecular formula is C29H49N3O6. The molecule has 0 spiro atoms. The normalized spacial score (nSPS) is 12.9. The van der Waals surface area contributed by atoms with Crippen LogP contribution >= 0.6 is 0 Å². The average Bonchev–Trinajstić information content (AvgIpc) is 2.84. The Kier molecular flexibility index (Phi) is 14.8. The van der Waals surface area contributed by atoms with Crippen LogP contribution in [0.3, 0.4) is 0 Å². The molecule has 1 rings (SSSR count). The molecule has 2 unspecified atom stereocenters. The smallest absolute Gasteiger partial charge is 0.408 e. The number of carbonyl (C=O) groups excluding carboxylic acids is 3. The first kappa shape index (κ1) is 33.2. The number of hydrogen-bond acceptors (Lipinski definition) is 6. The summed E-state index contributed by atoms with van der Waals surface area (Å²) in [7, 11) is 0. The number of rotatable bonds is 16. The highest BCUT2D eigenvalue weighted by Gasteiger charge is 2.36. The van der Waals surface area contributed by atoms with E-state index >= 15 is 0 Å². The van der Waals surface area contributed by atoms with Crippen molar-refractivity contribution in [2.75, 3.05) is 19.7 Å². The predicted molar refractivity (Wildman–Crippen MR) is 149 cm³/mol. The van der Waals surface area contributed by atoms with Gasteiger partial charge >= 0.3 is 6.09 Å². The molecule has 0 aliphatic carbocycles. The topological polar surface area (TPSA) is 128 Å². The van der Waals surface area contributed by atoms with Crippen LogP contribution in [0, 0.1) is 6.92 Å². The summed E-state index contributed by atoms with van der Waals surface area (Å²) in [5, 5.41) is 25.5. The number of aliphatic hydroxyl groups is 1. The van der Waals surface area contributed by atoms with Crippen LogP contribution in [0.5, 0.6) is 5.75 Å². The first-order valence-corrected chi connectivity index (χ1v) is 13.9. The average molecular weight is 536 g/mol. The zero-order valence-corrected chi connectivity index (χ0v) is 24.1. The Balaban J connectivity index is 3.35. The number of nitrogens with zero attached hydrogens (tertiary/aromatic N) is 1. The van der Waals surface area contributed by atoms with Gasteiger partial charge in [0.05, 0.1) is 6.61 Å². The standard InChI is InChI=1S/C29H49N3O6/c1-7-9-11-12-13-14-18-32(27(36)23(20-33)31-28(37)38-29(4,5)6)25(26(35)30-17-10-8-2)22-15-16-24(34)21(3)19-22/h15-16,19,23,25,33-34H,7-14,17-18,20H2,1-6H3,(H,30,35)(H,31,37). The molecule has 0 saturated heterocycles. The summed E-state index contributed by atoms with van der Waals surface area (Å²) in [6.07, 6.45) is 6.79. The van der Waals surface area contributed by atoms with E-state index in [-0.39, 0.29) is 18.2 Å². The number of phenolic OH excluding ortho intramolecular Hbond substituents is 1. The van der Waals surface area contributed by atoms with Gasteiger partial charge in [0, 0.05) is 13.1 Å². The third-order valence-corrected chi connectivity index (χ3v) is 6.13. The summed E-state index contributed by atoms with van der Waals surface area (Å²) >= 11 is 0. The van der Waals surface area contributed by atoms with Crippen LogP contribution in [0.25, 0.3) is 0 Å². The number of carbonyl (C=O) groups is 3. The van der Waals surface area contributed by atoms with Crippen molar-refractivity contribution in [1.82, 2.24) is 15.5 Å². The molecule has 1 aromatic carbocycles. The van der Waals surface area contributed by atoms with Gasteiger partial charge in [0.2, 0.25) is 11.8 Å². The lowest BCUT2D eigenvalue weighted by atomic mass is 9.99. The van der Waals surface area contributed by atoms with E-state index < -0.39 is 36.3 Å². The van der Waals surface area contributed by atoms with E-state index in [1.165, 1.54) is 11.0 Å². The lowest BCUT2D eigenvalue weighted by Crippen LogP contribution is -2.54. The first-order chi connectivity index (χ1) is 17.9. The van der Waals surface area contributed by atoms with Gasteiger partial charge in [0.25, 0.3) is 0 Å². The molecule has 0 fully saturated rings. The fraction of sp³-hybridized carbons (Fsp3) is 0.690. The van der Waals surface area contributed by atoms with Crippen LogP contribution in [0.2, 0.25) is 0 Å². The third kappa shape index (κ3) is 11.7. The molecule has 0 aliphatic heterocycles. The summed E-state index contributed by atoms with van der Waals surface area (Å²) in [6, 6.07) is 2.55. The summed E-state index contributed by atoms with van der Waals surface area (Å²) in [5.74, 6) is -0.836. The van der Waals surface area contributed by atoms with Gasteiger partial charge in [0.15, 0.2) is 0 Å². The molecule has 0 heterocycles. The Morgan fingerprint density at radius 1 is 1.00 bits per heavy atom. The van der Waals surface area contributed by atoms with Gasteiger partial charge in [-0.3, -0.25) is 9.59 Å². The van der Waals surface area contributed by atoms with Gasteiger partial charge in [-0.05, 0) is 63.8 Å². The molecule has 3 amide bonds. The molecule has 9 heteroatoms. The number of benzene rings is 1. The van der Waals surface area contributed by atoms with Gasteiger partial charge in [-0.15, -0.1) is 0 Å². The number of unbranched alkanes of at least 4 members (excludes halogenated alkanes) is 6. The molecular weight excluding hydrogens is 486 g/mol. The quantitative estimate of drug-likeness (QED) is 0.227. The molecule has 0 aromatic heterocycles. The Morgan fingerprint density at radius 3 is 2.21 bits per heavy atom. The van der Waals surface area contributed by atoms with Crippen LogP contribution in [-0.2, 0) is 14.3 Å². The van der Waals surface area contributed by atoms with E-state index in [0.29, 0.717) is 24.1 Å². The van der Waals surface area contributed by atoms with E-state index in [2.05, 4.69) is 17.6 Å². The second-order valence-corrected chi connectivity index (χ2v) is 10.8. The van der Waals surface area contributed by atoms with Gasteiger partial charge in [0.1, 0.15) is 23.4 Å². The molecule has 216 valence electrons. The summed E-state index contributed by atoms with van der Waals surface area (Å²) in [4.78, 5) is 41.2. The monoisotopic (exact) mass is 535 g/mol. The Bertz CT molecular complexity index is 884. The Labute approximate surface area is 228 Å². The number of ether oxygens (including phenoxy) is 1. The number of phenols is 1. The largest absolute Gasteiger partial charge is 0.508 e. The highest BCUT2D eigenvalue weighted by Crippen LogP contribution is 2.27. The molecule has 0 bridgehead atoms. The minimum absolute atomic E-state index is 0.0903. The van der Waals surface area contributed by atoms with E-state index in [1.54, 1.807) is 39.8 Å². The van der Waals surface area contributed by atoms with E-state index in [4.69, 9.17) is 4.74 Å². The van der Waals surface area contributed by atoms with Crippen LogP contribution in [0.15, 0.2) is 18.2 Å².